The summed E-state index contributed by atoms with van der Waals surface area (Å²) in [6.07, 6.45) is 2.91. The summed E-state index contributed by atoms with van der Waals surface area (Å²) < 4.78 is 10.6. The predicted molar refractivity (Wildman–Crippen MR) is 80.1 cm³/mol. The Labute approximate surface area is 130 Å². The summed E-state index contributed by atoms with van der Waals surface area (Å²) in [5.74, 6) is 1.01. The van der Waals surface area contributed by atoms with Gasteiger partial charge in [-0.1, -0.05) is 0 Å². The van der Waals surface area contributed by atoms with Crippen molar-refractivity contribution in [2.75, 3.05) is 39.9 Å². The van der Waals surface area contributed by atoms with E-state index in [0.717, 1.165) is 25.1 Å². The maximum absolute atomic E-state index is 12.7. The minimum Gasteiger partial charge on any atom is -0.468 e. The normalized spacial score (nSPS) is 25.0. The number of carbonyl (C=O) groups is 1. The molecule has 0 radical (unpaired) electrons. The molecule has 122 valence electrons. The summed E-state index contributed by atoms with van der Waals surface area (Å²) in [6, 6.07) is 3.79. The standard InChI is InChI=1S/C16H24N2O4/c1-21-12-16(4-5-16)15(20)18-7-6-17(9-13(19)10-18)11-14-3-2-8-22-14/h2-3,8,13,19H,4-7,9-12H2,1H3/t13-/m0/s1. The van der Waals surface area contributed by atoms with Crippen LogP contribution >= 0.6 is 0 Å². The largest absolute Gasteiger partial charge is 0.468 e. The van der Waals surface area contributed by atoms with Crippen molar-refractivity contribution < 1.29 is 19.1 Å². The monoisotopic (exact) mass is 308 g/mol. The van der Waals surface area contributed by atoms with Crippen molar-refractivity contribution >= 4 is 5.91 Å². The SMILES string of the molecule is COCC1(C(=O)N2CCN(Cc3ccco3)C[C@H](O)C2)CC1. The summed E-state index contributed by atoms with van der Waals surface area (Å²) >= 11 is 0. The van der Waals surface area contributed by atoms with Crippen LogP contribution < -0.4 is 0 Å². The molecule has 2 fully saturated rings. The Morgan fingerprint density at radius 3 is 2.91 bits per heavy atom. The van der Waals surface area contributed by atoms with Gasteiger partial charge in [-0.15, -0.1) is 0 Å². The fourth-order valence-corrected chi connectivity index (χ4v) is 3.19. The number of aliphatic hydroxyl groups excluding tert-OH is 1. The molecule has 2 aliphatic rings. The lowest BCUT2D eigenvalue weighted by molar-refractivity contribution is -0.140. The Balaban J connectivity index is 1.60. The van der Waals surface area contributed by atoms with Crippen LogP contribution in [0.1, 0.15) is 18.6 Å². The van der Waals surface area contributed by atoms with Crippen molar-refractivity contribution in [1.29, 1.82) is 0 Å². The van der Waals surface area contributed by atoms with Crippen molar-refractivity contribution in [2.24, 2.45) is 5.41 Å². The van der Waals surface area contributed by atoms with Gasteiger partial charge in [0.05, 0.1) is 30.9 Å². The van der Waals surface area contributed by atoms with Crippen molar-refractivity contribution in [2.45, 2.75) is 25.5 Å². The molecule has 1 N–H and O–H groups in total. The first kappa shape index (κ1) is 15.5. The molecule has 1 saturated heterocycles. The molecule has 1 amide bonds. The average molecular weight is 308 g/mol. The number of β-amino-alcohol motifs (C(OH)–C–C–N with tert-alkyl or cyclic N) is 1. The number of aliphatic hydroxyl groups is 1. The maximum atomic E-state index is 12.7. The van der Waals surface area contributed by atoms with Gasteiger partial charge in [0, 0.05) is 33.3 Å². The van der Waals surface area contributed by atoms with Crippen LogP contribution in [0.3, 0.4) is 0 Å². The number of furan rings is 1. The molecule has 0 unspecified atom stereocenters. The molecule has 1 aromatic rings. The minimum atomic E-state index is -0.528. The zero-order chi connectivity index (χ0) is 15.6. The predicted octanol–water partition coefficient (Wildman–Crippen LogP) is 0.711. The molecule has 2 heterocycles. The van der Waals surface area contributed by atoms with E-state index in [1.807, 2.05) is 12.1 Å². The highest BCUT2D eigenvalue weighted by Crippen LogP contribution is 2.47. The number of amides is 1. The average Bonchev–Trinajstić information content (AvgIpc) is 3.14. The van der Waals surface area contributed by atoms with E-state index in [1.54, 1.807) is 18.3 Å². The van der Waals surface area contributed by atoms with Gasteiger partial charge in [0.1, 0.15) is 5.76 Å². The lowest BCUT2D eigenvalue weighted by atomic mass is 10.1. The molecule has 0 spiro atoms. The molecule has 1 saturated carbocycles. The van der Waals surface area contributed by atoms with E-state index < -0.39 is 6.10 Å². The lowest BCUT2D eigenvalue weighted by Crippen LogP contribution is -2.43. The highest BCUT2D eigenvalue weighted by molar-refractivity contribution is 5.85. The molecule has 0 bridgehead atoms. The topological polar surface area (TPSA) is 66.2 Å². The molecule has 0 aromatic carbocycles. The van der Waals surface area contributed by atoms with Gasteiger partial charge >= 0.3 is 0 Å². The van der Waals surface area contributed by atoms with Crippen LogP contribution in [-0.4, -0.2) is 66.8 Å². The summed E-state index contributed by atoms with van der Waals surface area (Å²) in [7, 11) is 1.63. The van der Waals surface area contributed by atoms with Gasteiger partial charge in [-0.25, -0.2) is 0 Å². The van der Waals surface area contributed by atoms with Gasteiger partial charge in [-0.3, -0.25) is 9.69 Å². The summed E-state index contributed by atoms with van der Waals surface area (Å²) in [6.45, 7) is 3.49. The second-order valence-corrected chi connectivity index (χ2v) is 6.43. The van der Waals surface area contributed by atoms with E-state index in [0.29, 0.717) is 32.8 Å². The lowest BCUT2D eigenvalue weighted by Gasteiger charge is -2.26. The molecular weight excluding hydrogens is 284 g/mol. The highest BCUT2D eigenvalue weighted by atomic mass is 16.5. The van der Waals surface area contributed by atoms with E-state index in [-0.39, 0.29) is 11.3 Å². The van der Waals surface area contributed by atoms with E-state index in [9.17, 15) is 9.90 Å². The number of hydrogen-bond donors (Lipinski definition) is 1. The molecule has 6 heteroatoms. The summed E-state index contributed by atoms with van der Waals surface area (Å²) in [5, 5.41) is 10.2. The molecule has 1 aliphatic heterocycles. The summed E-state index contributed by atoms with van der Waals surface area (Å²) in [4.78, 5) is 16.6. The number of carbonyl (C=O) groups excluding carboxylic acids is 1. The van der Waals surface area contributed by atoms with Crippen LogP contribution in [-0.2, 0) is 16.1 Å². The second kappa shape index (κ2) is 6.40. The Bertz CT molecular complexity index is 498. The van der Waals surface area contributed by atoms with Crippen LogP contribution in [0.15, 0.2) is 22.8 Å². The Hall–Kier alpha value is -1.37. The molecule has 1 atom stereocenters. The van der Waals surface area contributed by atoms with Gasteiger partial charge < -0.3 is 19.2 Å². The molecule has 6 nitrogen and oxygen atoms in total. The van der Waals surface area contributed by atoms with Crippen LogP contribution in [0, 0.1) is 5.41 Å². The van der Waals surface area contributed by atoms with Gasteiger partial charge in [-0.2, -0.15) is 0 Å². The number of methoxy groups -OCH3 is 1. The third-order valence-corrected chi connectivity index (χ3v) is 4.56. The molecule has 1 aliphatic carbocycles. The van der Waals surface area contributed by atoms with Gasteiger partial charge in [0.25, 0.3) is 0 Å². The first-order valence-corrected chi connectivity index (χ1v) is 7.84. The van der Waals surface area contributed by atoms with E-state index in [2.05, 4.69) is 4.90 Å². The van der Waals surface area contributed by atoms with Gasteiger partial charge in [0.15, 0.2) is 0 Å². The number of rotatable bonds is 5. The maximum Gasteiger partial charge on any atom is 0.231 e. The van der Waals surface area contributed by atoms with Crippen molar-refractivity contribution in [3.8, 4) is 0 Å². The van der Waals surface area contributed by atoms with E-state index in [4.69, 9.17) is 9.15 Å². The summed E-state index contributed by atoms with van der Waals surface area (Å²) in [5.41, 5.74) is -0.329. The fourth-order valence-electron chi connectivity index (χ4n) is 3.19. The fraction of sp³-hybridized carbons (Fsp3) is 0.688. The van der Waals surface area contributed by atoms with Crippen LogP contribution in [0.4, 0.5) is 0 Å². The Morgan fingerprint density at radius 2 is 2.27 bits per heavy atom. The quantitative estimate of drug-likeness (QED) is 0.868. The zero-order valence-electron chi connectivity index (χ0n) is 13.0. The first-order valence-electron chi connectivity index (χ1n) is 7.84. The number of hydrogen-bond acceptors (Lipinski definition) is 5. The highest BCUT2D eigenvalue weighted by Gasteiger charge is 2.52. The molecular formula is C16H24N2O4. The molecule has 1 aromatic heterocycles. The van der Waals surface area contributed by atoms with E-state index >= 15 is 0 Å². The molecule has 22 heavy (non-hydrogen) atoms. The number of nitrogens with zero attached hydrogens (tertiary/aromatic N) is 2. The third kappa shape index (κ3) is 3.34. The molecule has 3 rings (SSSR count). The Kier molecular flexibility index (Phi) is 4.52. The van der Waals surface area contributed by atoms with Crippen molar-refractivity contribution in [3.05, 3.63) is 24.2 Å². The van der Waals surface area contributed by atoms with Crippen molar-refractivity contribution in [1.82, 2.24) is 9.80 Å². The van der Waals surface area contributed by atoms with Crippen molar-refractivity contribution in [3.63, 3.8) is 0 Å². The van der Waals surface area contributed by atoms with Gasteiger partial charge in [0.2, 0.25) is 5.91 Å². The van der Waals surface area contributed by atoms with E-state index in [1.165, 1.54) is 0 Å². The Morgan fingerprint density at radius 1 is 1.45 bits per heavy atom. The smallest absolute Gasteiger partial charge is 0.231 e. The van der Waals surface area contributed by atoms with Crippen LogP contribution in [0.2, 0.25) is 0 Å². The van der Waals surface area contributed by atoms with Crippen LogP contribution in [0.25, 0.3) is 0 Å². The number of ether oxygens (including phenoxy) is 1. The zero-order valence-corrected chi connectivity index (χ0v) is 13.0. The minimum absolute atomic E-state index is 0.133. The second-order valence-electron chi connectivity index (χ2n) is 6.43. The van der Waals surface area contributed by atoms with Gasteiger partial charge in [-0.05, 0) is 25.0 Å². The van der Waals surface area contributed by atoms with Crippen LogP contribution in [0.5, 0.6) is 0 Å². The first-order chi connectivity index (χ1) is 10.6. The third-order valence-electron chi connectivity index (χ3n) is 4.56.